The number of alkyl halides is 3. The van der Waals surface area contributed by atoms with Crippen LogP contribution in [0.2, 0.25) is 0 Å². The quantitative estimate of drug-likeness (QED) is 0.398. The van der Waals surface area contributed by atoms with Gasteiger partial charge in [0.05, 0.1) is 0 Å². The van der Waals surface area contributed by atoms with Gasteiger partial charge in [-0.1, -0.05) is 34.8 Å². The maximum atomic E-state index is 4.84. The molecule has 0 bridgehead atoms. The highest BCUT2D eigenvalue weighted by Crippen LogP contribution is 2.16. The molecule has 0 amide bonds. The fraction of sp³-hybridized carbons (Fsp3) is 1.00. The number of hydrogen-bond donors (Lipinski definition) is 1. The van der Waals surface area contributed by atoms with Crippen LogP contribution in [-0.4, -0.2) is 9.39 Å². The summed E-state index contributed by atoms with van der Waals surface area (Å²) in [6.07, 6.45) is 0. The molecular weight excluding hydrogens is 148 g/mol. The third-order valence-electron chi connectivity index (χ3n) is 0. The number of nitrogens with two attached hydrogens (primary N) is 1. The van der Waals surface area contributed by atoms with E-state index in [1.807, 2.05) is 0 Å². The van der Waals surface area contributed by atoms with Crippen LogP contribution in [0, 0.1) is 0 Å². The van der Waals surface area contributed by atoms with Gasteiger partial charge in [-0.25, -0.2) is 0 Å². The smallest absolute Gasteiger partial charge is 0.242 e. The molecule has 0 aliphatic rings. The minimum atomic E-state index is -1.58. The molecule has 0 aromatic carbocycles. The third kappa shape index (κ3) is 110. The van der Waals surface area contributed by atoms with Crippen molar-refractivity contribution in [2.24, 2.45) is 5.73 Å². The summed E-state index contributed by atoms with van der Waals surface area (Å²) in [4.78, 5) is 0. The lowest BCUT2D eigenvalue weighted by atomic mass is 11.5. The molecule has 0 radical (unpaired) electrons. The van der Waals surface area contributed by atoms with E-state index in [4.69, 9.17) is 34.8 Å². The summed E-state index contributed by atoms with van der Waals surface area (Å²) in [6.45, 7) is 0. The Morgan fingerprint density at radius 1 is 1.17 bits per heavy atom. The van der Waals surface area contributed by atoms with Crippen LogP contribution in [0.5, 0.6) is 0 Å². The van der Waals surface area contributed by atoms with Gasteiger partial charge in [-0.15, -0.1) is 0 Å². The molecule has 0 spiro atoms. The topological polar surface area (TPSA) is 57.5 Å². The van der Waals surface area contributed by atoms with Crippen LogP contribution < -0.4 is 5.73 Å². The van der Waals surface area contributed by atoms with Gasteiger partial charge in [-0.05, 0) is 0 Å². The van der Waals surface area contributed by atoms with E-state index < -0.39 is 3.92 Å². The standard InChI is InChI=1S/CH2Cl3N.H2O/c2-1(3,4)5;/h5H2;1H2. The van der Waals surface area contributed by atoms with Crippen molar-refractivity contribution in [1.29, 1.82) is 0 Å². The average Bonchev–Trinajstić information content (AvgIpc) is 0.722. The van der Waals surface area contributed by atoms with Crippen molar-refractivity contribution in [3.8, 4) is 0 Å². The number of halogens is 3. The summed E-state index contributed by atoms with van der Waals surface area (Å²) >= 11 is 14.5. The third-order valence-corrected chi connectivity index (χ3v) is 0. The molecule has 0 fully saturated rings. The zero-order chi connectivity index (χ0) is 4.50. The molecule has 2 nitrogen and oxygen atoms in total. The highest BCUT2D eigenvalue weighted by atomic mass is 35.6. The van der Waals surface area contributed by atoms with Gasteiger partial charge < -0.3 is 5.48 Å². The molecule has 0 aromatic rings. The van der Waals surface area contributed by atoms with Gasteiger partial charge in [0, 0.05) is 0 Å². The zero-order valence-electron chi connectivity index (χ0n) is 2.71. The van der Waals surface area contributed by atoms with Crippen molar-refractivity contribution in [2.75, 3.05) is 0 Å². The Bertz CT molecular complexity index is 26.3. The van der Waals surface area contributed by atoms with Crippen molar-refractivity contribution >= 4 is 34.8 Å². The molecule has 0 aliphatic carbocycles. The van der Waals surface area contributed by atoms with Crippen LogP contribution in [0.4, 0.5) is 0 Å². The predicted octanol–water partition coefficient (Wildman–Crippen LogP) is 0.448. The van der Waals surface area contributed by atoms with Crippen molar-refractivity contribution in [2.45, 2.75) is 3.92 Å². The first kappa shape index (κ1) is 9.92. The molecule has 0 aliphatic heterocycles. The van der Waals surface area contributed by atoms with Crippen LogP contribution in [0.1, 0.15) is 0 Å². The van der Waals surface area contributed by atoms with Gasteiger partial charge in [0.25, 0.3) is 0 Å². The minimum absolute atomic E-state index is 0. The van der Waals surface area contributed by atoms with Crippen LogP contribution in [0.15, 0.2) is 0 Å². The summed E-state index contributed by atoms with van der Waals surface area (Å²) in [5, 5.41) is 0. The van der Waals surface area contributed by atoms with Crippen molar-refractivity contribution in [3.05, 3.63) is 0 Å². The lowest BCUT2D eigenvalue weighted by Crippen LogP contribution is -2.15. The minimum Gasteiger partial charge on any atom is -0.412 e. The lowest BCUT2D eigenvalue weighted by Gasteiger charge is -1.95. The summed E-state index contributed by atoms with van der Waals surface area (Å²) < 4.78 is -1.58. The highest BCUT2D eigenvalue weighted by molar-refractivity contribution is 6.66. The molecule has 0 saturated carbocycles. The fourth-order valence-corrected chi connectivity index (χ4v) is 0. The maximum Gasteiger partial charge on any atom is 0.242 e. The van der Waals surface area contributed by atoms with E-state index >= 15 is 0 Å². The van der Waals surface area contributed by atoms with Crippen LogP contribution >= 0.6 is 34.8 Å². The number of rotatable bonds is 0. The summed E-state index contributed by atoms with van der Waals surface area (Å²) in [6, 6.07) is 0. The molecule has 0 unspecified atom stereocenters. The van der Waals surface area contributed by atoms with Crippen molar-refractivity contribution in [1.82, 2.24) is 0 Å². The maximum absolute atomic E-state index is 4.84. The Hall–Kier alpha value is 0.790. The Balaban J connectivity index is 0. The molecular formula is CH4Cl3NO. The average molecular weight is 152 g/mol. The lowest BCUT2D eigenvalue weighted by molar-refractivity contribution is 0.824. The molecule has 0 heterocycles. The summed E-state index contributed by atoms with van der Waals surface area (Å²) in [7, 11) is 0. The van der Waals surface area contributed by atoms with E-state index in [0.717, 1.165) is 0 Å². The molecule has 40 valence electrons. The molecule has 4 N–H and O–H groups in total. The van der Waals surface area contributed by atoms with E-state index in [0.29, 0.717) is 0 Å². The van der Waals surface area contributed by atoms with Crippen molar-refractivity contribution < 1.29 is 5.48 Å². The molecule has 0 aromatic heterocycles. The summed E-state index contributed by atoms with van der Waals surface area (Å²) in [5.41, 5.74) is 4.65. The number of hydrogen-bond acceptors (Lipinski definition) is 1. The molecule has 0 atom stereocenters. The second-order valence-electron chi connectivity index (χ2n) is 0.542. The Labute approximate surface area is 50.5 Å². The van der Waals surface area contributed by atoms with Gasteiger partial charge in [-0.3, -0.25) is 5.73 Å². The Morgan fingerprint density at radius 3 is 1.17 bits per heavy atom. The van der Waals surface area contributed by atoms with Gasteiger partial charge in [-0.2, -0.15) is 0 Å². The van der Waals surface area contributed by atoms with E-state index in [1.165, 1.54) is 0 Å². The SMILES string of the molecule is NC(Cl)(Cl)Cl.O. The largest absolute Gasteiger partial charge is 0.412 e. The first-order valence-corrected chi connectivity index (χ1v) is 1.99. The van der Waals surface area contributed by atoms with Crippen LogP contribution in [0.25, 0.3) is 0 Å². The predicted molar refractivity (Wildman–Crippen MR) is 28.1 cm³/mol. The van der Waals surface area contributed by atoms with Gasteiger partial charge in [0.15, 0.2) is 0 Å². The summed E-state index contributed by atoms with van der Waals surface area (Å²) in [5.74, 6) is 0. The first-order chi connectivity index (χ1) is 2.00. The van der Waals surface area contributed by atoms with Crippen LogP contribution in [-0.2, 0) is 0 Å². The molecule has 0 rings (SSSR count). The zero-order valence-corrected chi connectivity index (χ0v) is 4.98. The van der Waals surface area contributed by atoms with Gasteiger partial charge >= 0.3 is 0 Å². The van der Waals surface area contributed by atoms with Gasteiger partial charge in [0.2, 0.25) is 3.92 Å². The normalized spacial score (nSPS) is 10.0. The molecule has 5 heteroatoms. The fourth-order valence-electron chi connectivity index (χ4n) is 0. The monoisotopic (exact) mass is 151 g/mol. The van der Waals surface area contributed by atoms with Crippen molar-refractivity contribution in [3.63, 3.8) is 0 Å². The highest BCUT2D eigenvalue weighted by Gasteiger charge is 2.07. The Morgan fingerprint density at radius 2 is 1.17 bits per heavy atom. The van der Waals surface area contributed by atoms with Crippen LogP contribution in [0.3, 0.4) is 0 Å². The molecule has 6 heavy (non-hydrogen) atoms. The second-order valence-corrected chi connectivity index (χ2v) is 2.91. The molecule has 0 saturated heterocycles. The second kappa shape index (κ2) is 2.88. The van der Waals surface area contributed by atoms with E-state index in [9.17, 15) is 0 Å². The van der Waals surface area contributed by atoms with Gasteiger partial charge in [0.1, 0.15) is 0 Å². The first-order valence-electron chi connectivity index (χ1n) is 0.856. The Kier molecular flexibility index (Phi) is 4.76. The van der Waals surface area contributed by atoms with E-state index in [2.05, 4.69) is 5.73 Å². The van der Waals surface area contributed by atoms with E-state index in [-0.39, 0.29) is 5.48 Å². The van der Waals surface area contributed by atoms with E-state index in [1.54, 1.807) is 0 Å².